The number of hydrogen-bond acceptors (Lipinski definition) is 8. The molecule has 2 heterocycles. The predicted molar refractivity (Wildman–Crippen MR) is 170 cm³/mol. The number of fused-ring (bicyclic) bond motifs is 1. The van der Waals surface area contributed by atoms with Crippen LogP contribution in [0.3, 0.4) is 0 Å². The SMILES string of the molecule is CCCOc1c(Br)cc(C2C(C(=O)OC3CCCCC3)=C(C)Nc3nc(SCc4ccccc4Cl)nn32)cc1OCC. The topological polar surface area (TPSA) is 87.5 Å². The molecule has 1 aliphatic carbocycles. The third-order valence-electron chi connectivity index (χ3n) is 7.29. The molecule has 0 spiro atoms. The number of benzene rings is 2. The van der Waals surface area contributed by atoms with Gasteiger partial charge >= 0.3 is 5.97 Å². The van der Waals surface area contributed by atoms with Crippen LogP contribution in [0, 0.1) is 0 Å². The second-order valence-electron chi connectivity index (χ2n) is 10.4. The maximum Gasteiger partial charge on any atom is 0.338 e. The summed E-state index contributed by atoms with van der Waals surface area (Å²) in [7, 11) is 0. The van der Waals surface area contributed by atoms with Crippen molar-refractivity contribution in [3.05, 3.63) is 68.3 Å². The van der Waals surface area contributed by atoms with Gasteiger partial charge in [0.2, 0.25) is 11.1 Å². The number of nitrogens with one attached hydrogen (secondary N) is 1. The first kappa shape index (κ1) is 30.8. The molecule has 1 atom stereocenters. The highest BCUT2D eigenvalue weighted by Crippen LogP contribution is 2.44. The summed E-state index contributed by atoms with van der Waals surface area (Å²) < 4.78 is 20.6. The van der Waals surface area contributed by atoms with Crippen molar-refractivity contribution in [3.63, 3.8) is 0 Å². The number of carbonyl (C=O) groups is 1. The number of nitrogens with zero attached hydrogens (tertiary/aromatic N) is 3. The van der Waals surface area contributed by atoms with Crippen molar-refractivity contribution in [2.75, 3.05) is 18.5 Å². The van der Waals surface area contributed by atoms with E-state index in [1.54, 1.807) is 4.68 Å². The van der Waals surface area contributed by atoms with E-state index in [0.29, 0.717) is 57.9 Å². The van der Waals surface area contributed by atoms with Gasteiger partial charge in [0.15, 0.2) is 11.5 Å². The van der Waals surface area contributed by atoms with Crippen molar-refractivity contribution < 1.29 is 19.0 Å². The van der Waals surface area contributed by atoms with Gasteiger partial charge in [-0.25, -0.2) is 9.48 Å². The van der Waals surface area contributed by atoms with Crippen LogP contribution in [0.1, 0.15) is 76.5 Å². The molecule has 2 aliphatic rings. The second kappa shape index (κ2) is 14.2. The maximum absolute atomic E-state index is 13.9. The number of allylic oxidation sites excluding steroid dienone is 1. The lowest BCUT2D eigenvalue weighted by Crippen LogP contribution is -2.32. The summed E-state index contributed by atoms with van der Waals surface area (Å²) in [6.07, 6.45) is 5.87. The van der Waals surface area contributed by atoms with Gasteiger partial charge in [-0.15, -0.1) is 5.10 Å². The molecule has 1 unspecified atom stereocenters. The number of halogens is 2. The van der Waals surface area contributed by atoms with Gasteiger partial charge in [-0.3, -0.25) is 0 Å². The Morgan fingerprint density at radius 2 is 1.95 bits per heavy atom. The van der Waals surface area contributed by atoms with Gasteiger partial charge in [-0.2, -0.15) is 4.98 Å². The normalized spacial score (nSPS) is 17.0. The fraction of sp³-hybridized carbons (Fsp3) is 0.452. The highest BCUT2D eigenvalue weighted by Gasteiger charge is 2.37. The molecule has 1 aromatic heterocycles. The van der Waals surface area contributed by atoms with Gasteiger partial charge in [-0.05, 0) is 91.2 Å². The van der Waals surface area contributed by atoms with E-state index in [1.165, 1.54) is 18.2 Å². The van der Waals surface area contributed by atoms with Crippen molar-refractivity contribution in [1.82, 2.24) is 14.8 Å². The van der Waals surface area contributed by atoms with Gasteiger partial charge in [0, 0.05) is 16.5 Å². The summed E-state index contributed by atoms with van der Waals surface area (Å²) in [5, 5.41) is 9.47. The third kappa shape index (κ3) is 6.92. The zero-order chi connectivity index (χ0) is 29.6. The van der Waals surface area contributed by atoms with E-state index < -0.39 is 6.04 Å². The van der Waals surface area contributed by atoms with Crippen molar-refractivity contribution in [2.45, 2.75) is 82.4 Å². The highest BCUT2D eigenvalue weighted by molar-refractivity contribution is 9.10. The number of ether oxygens (including phenoxy) is 3. The number of anilines is 1. The Kier molecular flexibility index (Phi) is 10.4. The predicted octanol–water partition coefficient (Wildman–Crippen LogP) is 8.34. The van der Waals surface area contributed by atoms with Gasteiger partial charge < -0.3 is 19.5 Å². The first-order valence-electron chi connectivity index (χ1n) is 14.5. The molecule has 0 radical (unpaired) electrons. The lowest BCUT2D eigenvalue weighted by atomic mass is 9.94. The molecule has 2 aromatic carbocycles. The molecule has 0 bridgehead atoms. The Hall–Kier alpha value is -2.69. The van der Waals surface area contributed by atoms with E-state index in [9.17, 15) is 4.79 Å². The molecule has 0 amide bonds. The van der Waals surface area contributed by atoms with Crippen LogP contribution in [0.15, 0.2) is 57.3 Å². The number of carbonyl (C=O) groups excluding carboxylic acids is 1. The summed E-state index contributed by atoms with van der Waals surface area (Å²) in [4.78, 5) is 18.6. The van der Waals surface area contributed by atoms with E-state index in [-0.39, 0.29) is 12.1 Å². The van der Waals surface area contributed by atoms with Crippen molar-refractivity contribution in [3.8, 4) is 11.5 Å². The number of rotatable bonds is 11. The van der Waals surface area contributed by atoms with Crippen LogP contribution in [-0.4, -0.2) is 40.1 Å². The third-order valence-corrected chi connectivity index (χ3v) is 9.14. The van der Waals surface area contributed by atoms with Gasteiger partial charge in [0.1, 0.15) is 12.1 Å². The summed E-state index contributed by atoms with van der Waals surface area (Å²) in [5.41, 5.74) is 2.99. The van der Waals surface area contributed by atoms with Crippen molar-refractivity contribution >= 4 is 51.2 Å². The number of aromatic nitrogens is 3. The lowest BCUT2D eigenvalue weighted by molar-refractivity contribution is -0.146. The highest BCUT2D eigenvalue weighted by atomic mass is 79.9. The van der Waals surface area contributed by atoms with E-state index >= 15 is 0 Å². The monoisotopic (exact) mass is 674 g/mol. The largest absolute Gasteiger partial charge is 0.490 e. The number of hydrogen-bond donors (Lipinski definition) is 1. The Labute approximate surface area is 264 Å². The van der Waals surface area contributed by atoms with Crippen LogP contribution < -0.4 is 14.8 Å². The first-order chi connectivity index (χ1) is 20.4. The number of thioether (sulfide) groups is 1. The fourth-order valence-corrected chi connectivity index (χ4v) is 6.96. The quantitative estimate of drug-likeness (QED) is 0.160. The standard InChI is InChI=1S/C31H36BrClN4O4S/c1-4-15-40-28-23(32)16-21(17-25(28)39-5-2)27-26(29(38)41-22-12-7-6-8-13-22)19(3)34-30-35-31(36-37(27)30)42-18-20-11-9-10-14-24(20)33/h9-11,14,16-17,22,27H,4-8,12-13,15,18H2,1-3H3,(H,34,35,36). The molecular formula is C31H36BrClN4O4S. The first-order valence-corrected chi connectivity index (χ1v) is 16.7. The average molecular weight is 676 g/mol. The van der Waals surface area contributed by atoms with E-state index in [4.69, 9.17) is 35.9 Å². The van der Waals surface area contributed by atoms with Gasteiger partial charge in [0.25, 0.3) is 0 Å². The molecule has 42 heavy (non-hydrogen) atoms. The number of esters is 1. The van der Waals surface area contributed by atoms with E-state index in [1.807, 2.05) is 50.2 Å². The minimum atomic E-state index is -0.588. The smallest absolute Gasteiger partial charge is 0.338 e. The molecule has 1 fully saturated rings. The minimum Gasteiger partial charge on any atom is -0.490 e. The summed E-state index contributed by atoms with van der Waals surface area (Å²) in [5.74, 6) is 2.05. The molecule has 1 saturated carbocycles. The maximum atomic E-state index is 13.9. The average Bonchev–Trinajstić information content (AvgIpc) is 3.38. The van der Waals surface area contributed by atoms with Crippen molar-refractivity contribution in [2.24, 2.45) is 0 Å². The molecule has 0 saturated heterocycles. The molecule has 11 heteroatoms. The van der Waals surface area contributed by atoms with Crippen LogP contribution in [0.5, 0.6) is 11.5 Å². The summed E-state index contributed by atoms with van der Waals surface area (Å²) in [6, 6.07) is 11.0. The molecule has 1 aliphatic heterocycles. The van der Waals surface area contributed by atoms with Crippen LogP contribution in [0.2, 0.25) is 5.02 Å². The molecule has 8 nitrogen and oxygen atoms in total. The Bertz CT molecular complexity index is 1460. The zero-order valence-corrected chi connectivity index (χ0v) is 27.3. The lowest BCUT2D eigenvalue weighted by Gasteiger charge is -2.30. The van der Waals surface area contributed by atoms with Crippen molar-refractivity contribution in [1.29, 1.82) is 0 Å². The van der Waals surface area contributed by atoms with Crippen LogP contribution in [-0.2, 0) is 15.3 Å². The van der Waals surface area contributed by atoms with E-state index in [2.05, 4.69) is 28.2 Å². The molecule has 5 rings (SSSR count). The van der Waals surface area contributed by atoms with E-state index in [0.717, 1.165) is 47.7 Å². The van der Waals surface area contributed by atoms with Crippen LogP contribution in [0.4, 0.5) is 5.95 Å². The fourth-order valence-electron chi connectivity index (χ4n) is 5.27. The van der Waals surface area contributed by atoms with Gasteiger partial charge in [0.05, 0.1) is 23.3 Å². The molecule has 1 N–H and O–H groups in total. The summed E-state index contributed by atoms with van der Waals surface area (Å²) >= 11 is 11.6. The minimum absolute atomic E-state index is 0.0818. The Balaban J connectivity index is 1.54. The Morgan fingerprint density at radius 3 is 2.69 bits per heavy atom. The molecule has 3 aromatic rings. The van der Waals surface area contributed by atoms with Crippen LogP contribution in [0.25, 0.3) is 0 Å². The van der Waals surface area contributed by atoms with Crippen LogP contribution >= 0.6 is 39.3 Å². The molecular weight excluding hydrogens is 640 g/mol. The second-order valence-corrected chi connectivity index (χ2v) is 12.6. The Morgan fingerprint density at radius 1 is 1.17 bits per heavy atom. The summed E-state index contributed by atoms with van der Waals surface area (Å²) in [6.45, 7) is 6.90. The van der Waals surface area contributed by atoms with Gasteiger partial charge in [-0.1, -0.05) is 54.9 Å². The zero-order valence-electron chi connectivity index (χ0n) is 24.1. The molecule has 224 valence electrons.